The molecule has 0 aromatic carbocycles. The summed E-state index contributed by atoms with van der Waals surface area (Å²) in [5, 5.41) is 4.52. The number of nitrogens with one attached hydrogen (secondary N) is 1. The van der Waals surface area contributed by atoms with Gasteiger partial charge in [0.25, 0.3) is 0 Å². The molecule has 0 saturated heterocycles. The molecule has 3 aromatic rings. The molecule has 0 aliphatic rings. The average Bonchev–Trinajstić information content (AvgIpc) is 2.98. The molecular formula is C14H17N5OS. The first kappa shape index (κ1) is 13.8. The van der Waals surface area contributed by atoms with Crippen LogP contribution in [0.15, 0.2) is 18.3 Å². The van der Waals surface area contributed by atoms with E-state index in [0.29, 0.717) is 17.2 Å². The lowest BCUT2D eigenvalue weighted by Gasteiger charge is -2.07. The van der Waals surface area contributed by atoms with Gasteiger partial charge in [-0.1, -0.05) is 6.07 Å². The van der Waals surface area contributed by atoms with Crippen LogP contribution in [-0.4, -0.2) is 31.4 Å². The summed E-state index contributed by atoms with van der Waals surface area (Å²) >= 11 is 5.44. The number of hydrogen-bond donors (Lipinski definition) is 1. The van der Waals surface area contributed by atoms with E-state index in [0.717, 1.165) is 29.0 Å². The number of aryl methyl sites for hydroxylation is 2. The van der Waals surface area contributed by atoms with Crippen molar-refractivity contribution in [2.75, 3.05) is 7.11 Å². The number of H-pyrrole nitrogens is 1. The molecule has 0 atom stereocenters. The molecule has 0 spiro atoms. The summed E-state index contributed by atoms with van der Waals surface area (Å²) in [7, 11) is 1.61. The van der Waals surface area contributed by atoms with Gasteiger partial charge in [0.1, 0.15) is 5.52 Å². The highest BCUT2D eigenvalue weighted by atomic mass is 32.1. The molecule has 0 saturated carbocycles. The van der Waals surface area contributed by atoms with Crippen LogP contribution in [-0.2, 0) is 13.1 Å². The van der Waals surface area contributed by atoms with Crippen molar-refractivity contribution in [1.29, 1.82) is 0 Å². The molecule has 7 heteroatoms. The van der Waals surface area contributed by atoms with Crippen LogP contribution in [0.5, 0.6) is 5.88 Å². The summed E-state index contributed by atoms with van der Waals surface area (Å²) in [4.78, 5) is 7.48. The maximum Gasteiger partial charge on any atom is 0.212 e. The van der Waals surface area contributed by atoms with Crippen molar-refractivity contribution in [3.63, 3.8) is 0 Å². The predicted molar refractivity (Wildman–Crippen MR) is 83.2 cm³/mol. The van der Waals surface area contributed by atoms with Gasteiger partial charge in [-0.15, -0.1) is 0 Å². The van der Waals surface area contributed by atoms with Gasteiger partial charge in [-0.05, 0) is 31.6 Å². The van der Waals surface area contributed by atoms with E-state index >= 15 is 0 Å². The molecule has 21 heavy (non-hydrogen) atoms. The van der Waals surface area contributed by atoms with Crippen LogP contribution in [0.3, 0.4) is 0 Å². The van der Waals surface area contributed by atoms with Crippen LogP contribution in [0.2, 0.25) is 0 Å². The van der Waals surface area contributed by atoms with E-state index < -0.39 is 0 Å². The second kappa shape index (κ2) is 5.33. The van der Waals surface area contributed by atoms with E-state index in [2.05, 4.69) is 26.6 Å². The van der Waals surface area contributed by atoms with E-state index in [9.17, 15) is 0 Å². The number of hydrogen-bond acceptors (Lipinski definition) is 4. The first-order valence-electron chi connectivity index (χ1n) is 6.79. The number of aromatic nitrogens is 5. The van der Waals surface area contributed by atoms with Crippen molar-refractivity contribution >= 4 is 23.4 Å². The average molecular weight is 303 g/mol. The second-order valence-electron chi connectivity index (χ2n) is 4.82. The Balaban J connectivity index is 2.06. The Hall–Kier alpha value is -2.15. The molecule has 110 valence electrons. The first-order chi connectivity index (χ1) is 10.1. The van der Waals surface area contributed by atoms with Crippen LogP contribution in [0.4, 0.5) is 0 Å². The van der Waals surface area contributed by atoms with E-state index in [1.54, 1.807) is 13.3 Å². The van der Waals surface area contributed by atoms with Crippen molar-refractivity contribution in [1.82, 2.24) is 24.3 Å². The third kappa shape index (κ3) is 2.33. The largest absolute Gasteiger partial charge is 0.481 e. The zero-order chi connectivity index (χ0) is 15.0. The van der Waals surface area contributed by atoms with E-state index in [1.807, 2.05) is 23.7 Å². The molecule has 0 bridgehead atoms. The topological polar surface area (TPSA) is 60.7 Å². The molecule has 0 radical (unpaired) electrons. The Bertz CT molecular complexity index is 828. The minimum atomic E-state index is 0.607. The fourth-order valence-corrected chi connectivity index (χ4v) is 2.69. The molecule has 0 fully saturated rings. The minimum Gasteiger partial charge on any atom is -0.481 e. The molecule has 1 N–H and O–H groups in total. The number of rotatable bonds is 4. The lowest BCUT2D eigenvalue weighted by molar-refractivity contribution is 0.397. The van der Waals surface area contributed by atoms with E-state index in [1.165, 1.54) is 0 Å². The Morgan fingerprint density at radius 2 is 2.19 bits per heavy atom. The number of fused-ring (bicyclic) bond motifs is 1. The summed E-state index contributed by atoms with van der Waals surface area (Å²) in [6.45, 7) is 5.51. The molecule has 3 aromatic heterocycles. The van der Waals surface area contributed by atoms with Crippen LogP contribution >= 0.6 is 12.2 Å². The first-order valence-corrected chi connectivity index (χ1v) is 7.19. The van der Waals surface area contributed by atoms with Crippen molar-refractivity contribution < 1.29 is 4.74 Å². The van der Waals surface area contributed by atoms with Gasteiger partial charge in [-0.25, -0.2) is 9.67 Å². The monoisotopic (exact) mass is 303 g/mol. The van der Waals surface area contributed by atoms with Gasteiger partial charge in [0, 0.05) is 18.8 Å². The van der Waals surface area contributed by atoms with Crippen molar-refractivity contribution in [2.45, 2.75) is 26.9 Å². The predicted octanol–water partition coefficient (Wildman–Crippen LogP) is 2.68. The number of pyridine rings is 1. The number of ether oxygens (including phenoxy) is 1. The maximum absolute atomic E-state index is 5.44. The molecule has 3 heterocycles. The number of methoxy groups -OCH3 is 1. The smallest absolute Gasteiger partial charge is 0.212 e. The molecule has 6 nitrogen and oxygen atoms in total. The van der Waals surface area contributed by atoms with Gasteiger partial charge in [0.2, 0.25) is 5.88 Å². The quantitative estimate of drug-likeness (QED) is 0.753. The summed E-state index contributed by atoms with van der Waals surface area (Å²) in [5.41, 5.74) is 4.05. The van der Waals surface area contributed by atoms with E-state index in [-0.39, 0.29) is 0 Å². The minimum absolute atomic E-state index is 0.607. The molecule has 0 aliphatic carbocycles. The summed E-state index contributed by atoms with van der Waals surface area (Å²) < 4.78 is 9.80. The lowest BCUT2D eigenvalue weighted by Crippen LogP contribution is -2.06. The van der Waals surface area contributed by atoms with Gasteiger partial charge < -0.3 is 9.72 Å². The van der Waals surface area contributed by atoms with Crippen LogP contribution in [0, 0.1) is 11.7 Å². The molecule has 0 amide bonds. The molecule has 0 unspecified atom stereocenters. The Labute approximate surface area is 127 Å². The van der Waals surface area contributed by atoms with Crippen molar-refractivity contribution in [2.24, 2.45) is 0 Å². The molecule has 3 rings (SSSR count). The van der Waals surface area contributed by atoms with Crippen molar-refractivity contribution in [3.05, 3.63) is 34.4 Å². The van der Waals surface area contributed by atoms with Crippen LogP contribution < -0.4 is 4.74 Å². The zero-order valence-corrected chi connectivity index (χ0v) is 13.1. The fraction of sp³-hybridized carbons (Fsp3) is 0.357. The Kier molecular flexibility index (Phi) is 3.50. The SMILES string of the molecule is CCn1nc(C)c2[nH]c(=S)n(Cc3ccc(OC)nc3)c21. The van der Waals surface area contributed by atoms with Crippen LogP contribution in [0.25, 0.3) is 11.2 Å². The Morgan fingerprint density at radius 3 is 2.81 bits per heavy atom. The molecular weight excluding hydrogens is 286 g/mol. The Morgan fingerprint density at radius 1 is 1.38 bits per heavy atom. The third-order valence-electron chi connectivity index (χ3n) is 3.48. The highest BCUT2D eigenvalue weighted by Gasteiger charge is 2.14. The standard InChI is InChI=1S/C14H17N5OS/c1-4-19-13-12(9(2)17-19)16-14(21)18(13)8-10-5-6-11(20-3)15-7-10/h5-7H,4,8H2,1-3H3,(H,16,21). The van der Waals surface area contributed by atoms with Gasteiger partial charge in [-0.3, -0.25) is 4.57 Å². The van der Waals surface area contributed by atoms with Gasteiger partial charge in [0.15, 0.2) is 10.4 Å². The summed E-state index contributed by atoms with van der Waals surface area (Å²) in [6.07, 6.45) is 1.80. The number of nitrogens with zero attached hydrogens (tertiary/aromatic N) is 4. The summed E-state index contributed by atoms with van der Waals surface area (Å²) in [6, 6.07) is 3.84. The zero-order valence-electron chi connectivity index (χ0n) is 12.3. The highest BCUT2D eigenvalue weighted by Crippen LogP contribution is 2.19. The maximum atomic E-state index is 5.44. The lowest BCUT2D eigenvalue weighted by atomic mass is 10.3. The fourth-order valence-electron chi connectivity index (χ4n) is 2.44. The van der Waals surface area contributed by atoms with Crippen molar-refractivity contribution in [3.8, 4) is 5.88 Å². The molecule has 0 aliphatic heterocycles. The van der Waals surface area contributed by atoms with E-state index in [4.69, 9.17) is 17.0 Å². The summed E-state index contributed by atoms with van der Waals surface area (Å²) in [5.74, 6) is 0.607. The van der Waals surface area contributed by atoms with Crippen LogP contribution in [0.1, 0.15) is 18.2 Å². The number of imidazole rings is 1. The normalized spacial score (nSPS) is 11.2. The highest BCUT2D eigenvalue weighted by molar-refractivity contribution is 7.71. The number of aromatic amines is 1. The second-order valence-corrected chi connectivity index (χ2v) is 5.21. The van der Waals surface area contributed by atoms with Gasteiger partial charge in [0.05, 0.1) is 19.3 Å². The third-order valence-corrected chi connectivity index (χ3v) is 3.80. The van der Waals surface area contributed by atoms with Gasteiger partial charge in [-0.2, -0.15) is 5.10 Å². The van der Waals surface area contributed by atoms with Gasteiger partial charge >= 0.3 is 0 Å².